The maximum absolute atomic E-state index is 6.30. The van der Waals surface area contributed by atoms with Crippen LogP contribution in [0.4, 0.5) is 17.1 Å². The molecule has 13 aromatic rings. The molecule has 12 aromatic carbocycles. The molecule has 324 valence electrons. The highest BCUT2D eigenvalue weighted by Crippen LogP contribution is 2.42. The van der Waals surface area contributed by atoms with E-state index in [2.05, 4.69) is 266 Å². The largest absolute Gasteiger partial charge is 0.456 e. The van der Waals surface area contributed by atoms with Crippen LogP contribution in [0.1, 0.15) is 0 Å². The van der Waals surface area contributed by atoms with Gasteiger partial charge in [0, 0.05) is 27.8 Å². The first-order valence-corrected chi connectivity index (χ1v) is 25.7. The highest BCUT2D eigenvalue weighted by Gasteiger charge is 2.41. The fourth-order valence-corrected chi connectivity index (χ4v) is 15.7. The van der Waals surface area contributed by atoms with Gasteiger partial charge in [0.1, 0.15) is 11.2 Å². The Kier molecular flexibility index (Phi) is 9.88. The molecule has 0 spiro atoms. The maximum Gasteiger partial charge on any atom is 0.179 e. The number of anilines is 3. The number of hydrogen-bond donors (Lipinski definition) is 0. The summed E-state index contributed by atoms with van der Waals surface area (Å²) < 4.78 is 6.30. The minimum Gasteiger partial charge on any atom is -0.456 e. The molecule has 1 heterocycles. The zero-order valence-electron chi connectivity index (χ0n) is 37.8. The molecule has 0 atom stereocenters. The maximum atomic E-state index is 6.30. The number of para-hydroxylation sites is 1. The lowest BCUT2D eigenvalue weighted by Gasteiger charge is -2.34. The molecule has 69 heavy (non-hydrogen) atoms. The second-order valence-electron chi connectivity index (χ2n) is 18.0. The highest BCUT2D eigenvalue weighted by atomic mass is 28.3. The Morgan fingerprint density at radius 1 is 0.232 bits per heavy atom. The standard InChI is InChI=1S/C66H45NOSi/c1-4-16-53(17-5-1)69(54-18-6-2-7-19-54,55-20-8-3-9-21-55)56-40-32-47(33-41-56)46-28-35-50(36-29-46)67(52-39-43-61-59-24-11-10-22-57(59)58-23-12-13-25-60(58)64(61)45-52)51-37-30-48(31-38-51)49-34-42-63-62-26-14-15-27-65(62)68-66(63)44-49/h1-45H. The third-order valence-corrected chi connectivity index (χ3v) is 19.0. The molecule has 0 bridgehead atoms. The van der Waals surface area contributed by atoms with Gasteiger partial charge in [-0.2, -0.15) is 0 Å². The van der Waals surface area contributed by atoms with Gasteiger partial charge in [-0.05, 0) is 130 Å². The molecule has 0 unspecified atom stereocenters. The Morgan fingerprint density at radius 2 is 0.580 bits per heavy atom. The average Bonchev–Trinajstić information content (AvgIpc) is 3.81. The first kappa shape index (κ1) is 40.5. The molecule has 0 amide bonds. The molecule has 0 fully saturated rings. The number of nitrogens with zero attached hydrogens (tertiary/aromatic N) is 1. The van der Waals surface area contributed by atoms with Crippen LogP contribution >= 0.6 is 0 Å². The Balaban J connectivity index is 0.910. The van der Waals surface area contributed by atoms with Crippen molar-refractivity contribution in [3.05, 3.63) is 273 Å². The summed E-state index contributed by atoms with van der Waals surface area (Å²) in [6.07, 6.45) is 0. The predicted molar refractivity (Wildman–Crippen MR) is 295 cm³/mol. The van der Waals surface area contributed by atoms with Crippen molar-refractivity contribution in [1.29, 1.82) is 0 Å². The van der Waals surface area contributed by atoms with E-state index >= 15 is 0 Å². The summed E-state index contributed by atoms with van der Waals surface area (Å²) >= 11 is 0. The molecule has 1 aromatic heterocycles. The molecule has 13 rings (SSSR count). The normalized spacial score (nSPS) is 11.8. The molecule has 0 saturated heterocycles. The number of benzene rings is 12. The van der Waals surface area contributed by atoms with Gasteiger partial charge in [-0.25, -0.2) is 0 Å². The predicted octanol–water partition coefficient (Wildman–Crippen LogP) is 15.2. The fourth-order valence-electron chi connectivity index (χ4n) is 11.0. The van der Waals surface area contributed by atoms with Crippen molar-refractivity contribution >= 4 is 100 Å². The minimum absolute atomic E-state index is 0.898. The second kappa shape index (κ2) is 16.8. The summed E-state index contributed by atoms with van der Waals surface area (Å²) in [5.41, 5.74) is 9.68. The molecule has 0 radical (unpaired) electrons. The molecule has 0 N–H and O–H groups in total. The zero-order valence-corrected chi connectivity index (χ0v) is 38.8. The SMILES string of the molecule is c1ccc([Si](c2ccccc2)(c2ccccc2)c2ccc(-c3ccc(N(c4ccc(-c5ccc6c(c5)oc5ccccc56)cc4)c4ccc5c6ccccc6c6ccccc6c5c4)cc3)cc2)cc1. The van der Waals surface area contributed by atoms with E-state index in [1.165, 1.54) is 64.2 Å². The van der Waals surface area contributed by atoms with Crippen LogP contribution in [-0.4, -0.2) is 8.07 Å². The lowest BCUT2D eigenvalue weighted by molar-refractivity contribution is 0.669. The molecular weight excluding hydrogens is 851 g/mol. The van der Waals surface area contributed by atoms with Gasteiger partial charge in [0.15, 0.2) is 8.07 Å². The van der Waals surface area contributed by atoms with Crippen molar-refractivity contribution in [1.82, 2.24) is 0 Å². The highest BCUT2D eigenvalue weighted by molar-refractivity contribution is 7.19. The molecule has 3 heteroatoms. The summed E-state index contributed by atoms with van der Waals surface area (Å²) in [7, 11) is -2.63. The number of fused-ring (bicyclic) bond motifs is 9. The van der Waals surface area contributed by atoms with Crippen LogP contribution in [-0.2, 0) is 0 Å². The van der Waals surface area contributed by atoms with E-state index in [-0.39, 0.29) is 0 Å². The second-order valence-corrected chi connectivity index (χ2v) is 21.8. The lowest BCUT2D eigenvalue weighted by atomic mass is 9.94. The van der Waals surface area contributed by atoms with Crippen molar-refractivity contribution in [2.45, 2.75) is 0 Å². The number of furan rings is 1. The van der Waals surface area contributed by atoms with E-state index in [0.29, 0.717) is 0 Å². The van der Waals surface area contributed by atoms with Crippen molar-refractivity contribution in [3.63, 3.8) is 0 Å². The van der Waals surface area contributed by atoms with Crippen LogP contribution in [0, 0.1) is 0 Å². The van der Waals surface area contributed by atoms with E-state index in [1.54, 1.807) is 0 Å². The van der Waals surface area contributed by atoms with E-state index in [1.807, 2.05) is 12.1 Å². The zero-order chi connectivity index (χ0) is 45.7. The van der Waals surface area contributed by atoms with Gasteiger partial charge in [-0.3, -0.25) is 0 Å². The third kappa shape index (κ3) is 6.86. The minimum atomic E-state index is -2.63. The molecular formula is C66H45NOSi. The molecule has 2 nitrogen and oxygen atoms in total. The molecule has 0 aliphatic heterocycles. The van der Waals surface area contributed by atoms with Gasteiger partial charge in [-0.15, -0.1) is 0 Å². The Hall–Kier alpha value is -8.76. The van der Waals surface area contributed by atoms with Crippen molar-refractivity contribution in [2.24, 2.45) is 0 Å². The van der Waals surface area contributed by atoms with Gasteiger partial charge in [0.05, 0.1) is 0 Å². The van der Waals surface area contributed by atoms with E-state index in [0.717, 1.165) is 50.1 Å². The van der Waals surface area contributed by atoms with Gasteiger partial charge >= 0.3 is 0 Å². The molecule has 0 saturated carbocycles. The van der Waals surface area contributed by atoms with Crippen molar-refractivity contribution in [3.8, 4) is 22.3 Å². The first-order valence-electron chi connectivity index (χ1n) is 23.7. The van der Waals surface area contributed by atoms with Gasteiger partial charge in [-0.1, -0.05) is 218 Å². The van der Waals surface area contributed by atoms with E-state index in [9.17, 15) is 0 Å². The smallest absolute Gasteiger partial charge is 0.179 e. The Labute approximate surface area is 402 Å². The van der Waals surface area contributed by atoms with Crippen LogP contribution in [0.5, 0.6) is 0 Å². The topological polar surface area (TPSA) is 16.4 Å². The van der Waals surface area contributed by atoms with E-state index in [4.69, 9.17) is 4.42 Å². The van der Waals surface area contributed by atoms with Crippen LogP contribution in [0.25, 0.3) is 76.5 Å². The Bertz CT molecular complexity index is 3850. The van der Waals surface area contributed by atoms with Crippen LogP contribution < -0.4 is 25.6 Å². The third-order valence-electron chi connectivity index (χ3n) is 14.2. The van der Waals surface area contributed by atoms with Crippen molar-refractivity contribution in [2.75, 3.05) is 4.90 Å². The van der Waals surface area contributed by atoms with Gasteiger partial charge in [0.2, 0.25) is 0 Å². The van der Waals surface area contributed by atoms with Gasteiger partial charge in [0.25, 0.3) is 0 Å². The summed E-state index contributed by atoms with van der Waals surface area (Å²) in [4.78, 5) is 2.39. The monoisotopic (exact) mass is 895 g/mol. The Morgan fingerprint density at radius 3 is 1.10 bits per heavy atom. The summed E-state index contributed by atoms with van der Waals surface area (Å²) in [5, 5.41) is 15.3. The number of hydrogen-bond acceptors (Lipinski definition) is 2. The first-order chi connectivity index (χ1) is 34.2. The lowest BCUT2D eigenvalue weighted by Crippen LogP contribution is -2.74. The van der Waals surface area contributed by atoms with Crippen LogP contribution in [0.3, 0.4) is 0 Å². The van der Waals surface area contributed by atoms with Crippen LogP contribution in [0.15, 0.2) is 277 Å². The van der Waals surface area contributed by atoms with Crippen LogP contribution in [0.2, 0.25) is 0 Å². The van der Waals surface area contributed by atoms with E-state index < -0.39 is 8.07 Å². The molecule has 0 aliphatic rings. The average molecular weight is 896 g/mol. The van der Waals surface area contributed by atoms with Gasteiger partial charge < -0.3 is 9.32 Å². The molecule has 0 aliphatic carbocycles. The fraction of sp³-hybridized carbons (Fsp3) is 0. The number of rotatable bonds is 9. The summed E-state index contributed by atoms with van der Waals surface area (Å²) in [6.45, 7) is 0. The van der Waals surface area contributed by atoms with Crippen molar-refractivity contribution < 1.29 is 4.42 Å². The summed E-state index contributed by atoms with van der Waals surface area (Å²) in [5.74, 6) is 0. The quantitative estimate of drug-likeness (QED) is 0.0815. The summed E-state index contributed by atoms with van der Waals surface area (Å²) in [6, 6.07) is 100.